The Bertz CT molecular complexity index is 476. The van der Waals surface area contributed by atoms with Crippen LogP contribution in [0.25, 0.3) is 0 Å². The predicted molar refractivity (Wildman–Crippen MR) is 77.3 cm³/mol. The van der Waals surface area contributed by atoms with E-state index in [1.807, 2.05) is 0 Å². The molecule has 7 nitrogen and oxygen atoms in total. The highest BCUT2D eigenvalue weighted by atomic mass is 16.8. The van der Waals surface area contributed by atoms with Crippen LogP contribution in [0.5, 0.6) is 0 Å². The number of nitrogen functional groups attached to an aromatic ring is 1. The average Bonchev–Trinajstić information content (AvgIpc) is 2.38. The van der Waals surface area contributed by atoms with Crippen molar-refractivity contribution in [3.63, 3.8) is 0 Å². The van der Waals surface area contributed by atoms with Gasteiger partial charge in [-0.2, -0.15) is 0 Å². The largest absolute Gasteiger partial charge is 0.528 e. The fourth-order valence-electron chi connectivity index (χ4n) is 2.18. The maximum Gasteiger partial charge on any atom is 0.528 e. The zero-order chi connectivity index (χ0) is 15.5. The first-order valence-electron chi connectivity index (χ1n) is 7.07. The Balaban J connectivity index is 1.80. The summed E-state index contributed by atoms with van der Waals surface area (Å²) in [6, 6.07) is 0. The number of anilines is 1. The quantitative estimate of drug-likeness (QED) is 0.835. The highest BCUT2D eigenvalue weighted by molar-refractivity contribution is 5.60. The third-order valence-electron chi connectivity index (χ3n) is 3.16. The van der Waals surface area contributed by atoms with Crippen LogP contribution in [0.15, 0.2) is 12.4 Å². The second-order valence-electron chi connectivity index (χ2n) is 6.13. The lowest BCUT2D eigenvalue weighted by Crippen LogP contribution is -2.37. The maximum absolute atomic E-state index is 11.6. The lowest BCUT2D eigenvalue weighted by Gasteiger charge is -2.30. The Labute approximate surface area is 124 Å². The number of aromatic nitrogens is 2. The van der Waals surface area contributed by atoms with Crippen LogP contribution in [0.1, 0.15) is 45.2 Å². The van der Waals surface area contributed by atoms with Gasteiger partial charge in [0.25, 0.3) is 0 Å². The number of piperidine rings is 1. The van der Waals surface area contributed by atoms with E-state index in [0.717, 1.165) is 18.5 Å². The Morgan fingerprint density at radius 1 is 1.29 bits per heavy atom. The molecule has 7 heteroatoms. The summed E-state index contributed by atoms with van der Waals surface area (Å²) >= 11 is 0. The molecule has 0 amide bonds. The maximum atomic E-state index is 11.6. The molecule has 1 aromatic heterocycles. The molecule has 1 fully saturated rings. The number of nitrogens with two attached hydrogens (primary N) is 1. The van der Waals surface area contributed by atoms with Gasteiger partial charge in [0.05, 0.1) is 18.1 Å². The van der Waals surface area contributed by atoms with Crippen LogP contribution in [-0.2, 0) is 9.57 Å². The molecule has 0 aliphatic carbocycles. The Morgan fingerprint density at radius 2 is 1.95 bits per heavy atom. The molecular weight excluding hydrogens is 272 g/mol. The zero-order valence-corrected chi connectivity index (χ0v) is 12.7. The predicted octanol–water partition coefficient (Wildman–Crippen LogP) is 2.10. The Hall–Kier alpha value is -1.89. The summed E-state index contributed by atoms with van der Waals surface area (Å²) < 4.78 is 5.13. The molecule has 0 unspecified atom stereocenters. The molecule has 2 rings (SSSR count). The number of rotatable bonds is 2. The van der Waals surface area contributed by atoms with E-state index in [1.165, 1.54) is 0 Å². The number of hydroxylamine groups is 2. The van der Waals surface area contributed by atoms with Crippen molar-refractivity contribution >= 4 is 12.0 Å². The minimum atomic E-state index is -0.659. The Morgan fingerprint density at radius 3 is 2.48 bits per heavy atom. The molecule has 0 aromatic carbocycles. The van der Waals surface area contributed by atoms with Gasteiger partial charge in [-0.1, -0.05) is 0 Å². The fraction of sp³-hybridized carbons (Fsp3) is 0.643. The van der Waals surface area contributed by atoms with Crippen LogP contribution in [0.4, 0.5) is 10.6 Å². The van der Waals surface area contributed by atoms with Gasteiger partial charge in [-0.3, -0.25) is 4.98 Å². The molecule has 1 aliphatic rings. The van der Waals surface area contributed by atoms with E-state index in [4.69, 9.17) is 15.3 Å². The molecule has 1 aromatic rings. The molecule has 21 heavy (non-hydrogen) atoms. The SMILES string of the molecule is CC(C)(C)OC(=O)ON1CCC(c2cnc(N)cn2)CC1. The normalized spacial score (nSPS) is 17.5. The molecule has 0 bridgehead atoms. The van der Waals surface area contributed by atoms with Crippen LogP contribution in [0.2, 0.25) is 0 Å². The molecule has 0 spiro atoms. The number of hydrogen-bond acceptors (Lipinski definition) is 7. The molecule has 2 N–H and O–H groups in total. The van der Waals surface area contributed by atoms with Gasteiger partial charge >= 0.3 is 6.16 Å². The average molecular weight is 294 g/mol. The van der Waals surface area contributed by atoms with E-state index in [9.17, 15) is 4.79 Å². The van der Waals surface area contributed by atoms with Crippen LogP contribution in [0, 0.1) is 0 Å². The van der Waals surface area contributed by atoms with Crippen molar-refractivity contribution in [1.29, 1.82) is 0 Å². The number of hydrogen-bond donors (Lipinski definition) is 1. The lowest BCUT2D eigenvalue weighted by atomic mass is 9.95. The summed E-state index contributed by atoms with van der Waals surface area (Å²) in [5, 5.41) is 1.63. The summed E-state index contributed by atoms with van der Waals surface area (Å²) in [4.78, 5) is 25.1. The van der Waals surface area contributed by atoms with Crippen LogP contribution < -0.4 is 5.73 Å². The summed E-state index contributed by atoms with van der Waals surface area (Å²) in [5.74, 6) is 0.737. The van der Waals surface area contributed by atoms with Gasteiger partial charge in [0.2, 0.25) is 0 Å². The molecule has 1 saturated heterocycles. The first-order valence-corrected chi connectivity index (χ1v) is 7.07. The highest BCUT2D eigenvalue weighted by Crippen LogP contribution is 2.26. The van der Waals surface area contributed by atoms with Crippen LogP contribution in [-0.4, -0.2) is 39.9 Å². The number of ether oxygens (including phenoxy) is 1. The molecule has 0 radical (unpaired) electrons. The van der Waals surface area contributed by atoms with Gasteiger partial charge in [-0.15, -0.1) is 5.06 Å². The summed E-state index contributed by atoms with van der Waals surface area (Å²) in [7, 11) is 0. The van der Waals surface area contributed by atoms with Gasteiger partial charge in [0, 0.05) is 19.0 Å². The van der Waals surface area contributed by atoms with E-state index in [-0.39, 0.29) is 0 Å². The topological polar surface area (TPSA) is 90.6 Å². The number of carbonyl (C=O) groups excluding carboxylic acids is 1. The second-order valence-corrected chi connectivity index (χ2v) is 6.13. The molecule has 1 aliphatic heterocycles. The van der Waals surface area contributed by atoms with Gasteiger partial charge in [-0.25, -0.2) is 9.78 Å². The van der Waals surface area contributed by atoms with Gasteiger partial charge in [-0.05, 0) is 33.6 Å². The van der Waals surface area contributed by atoms with Crippen molar-refractivity contribution in [2.45, 2.75) is 45.1 Å². The number of nitrogens with zero attached hydrogens (tertiary/aromatic N) is 3. The van der Waals surface area contributed by atoms with E-state index >= 15 is 0 Å². The fourth-order valence-corrected chi connectivity index (χ4v) is 2.18. The minimum Gasteiger partial charge on any atom is -0.427 e. The summed E-state index contributed by atoms with van der Waals surface area (Å²) in [6.45, 7) is 6.72. The molecule has 0 atom stereocenters. The van der Waals surface area contributed by atoms with E-state index < -0.39 is 11.8 Å². The first-order chi connectivity index (χ1) is 9.83. The molecule has 116 valence electrons. The molecule has 2 heterocycles. The van der Waals surface area contributed by atoms with Crippen LogP contribution >= 0.6 is 0 Å². The smallest absolute Gasteiger partial charge is 0.427 e. The van der Waals surface area contributed by atoms with E-state index in [1.54, 1.807) is 38.2 Å². The van der Waals surface area contributed by atoms with Crippen molar-refractivity contribution in [3.8, 4) is 0 Å². The monoisotopic (exact) mass is 294 g/mol. The Kier molecular flexibility index (Phi) is 4.62. The van der Waals surface area contributed by atoms with E-state index in [2.05, 4.69) is 9.97 Å². The first kappa shape index (κ1) is 15.5. The summed E-state index contributed by atoms with van der Waals surface area (Å²) in [6.07, 6.45) is 4.32. The van der Waals surface area contributed by atoms with Crippen molar-refractivity contribution in [2.24, 2.45) is 0 Å². The third kappa shape index (κ3) is 4.86. The number of carbonyl (C=O) groups is 1. The second kappa shape index (κ2) is 6.26. The molecular formula is C14H22N4O3. The van der Waals surface area contributed by atoms with Crippen molar-refractivity contribution in [1.82, 2.24) is 15.0 Å². The van der Waals surface area contributed by atoms with Gasteiger partial charge in [0.1, 0.15) is 11.4 Å². The standard InChI is InChI=1S/C14H22N4O3/c1-14(2,3)20-13(19)21-18-6-4-10(5-7-18)11-8-17-12(15)9-16-11/h8-10H,4-7H2,1-3H3,(H2,15,17). The minimum absolute atomic E-state index is 0.316. The van der Waals surface area contributed by atoms with Crippen molar-refractivity contribution in [2.75, 3.05) is 18.8 Å². The van der Waals surface area contributed by atoms with Crippen molar-refractivity contribution < 1.29 is 14.4 Å². The molecule has 0 saturated carbocycles. The summed E-state index contributed by atoms with van der Waals surface area (Å²) in [5.41, 5.74) is 5.92. The van der Waals surface area contributed by atoms with Gasteiger partial charge < -0.3 is 15.3 Å². The third-order valence-corrected chi connectivity index (χ3v) is 3.16. The van der Waals surface area contributed by atoms with Crippen LogP contribution in [0.3, 0.4) is 0 Å². The highest BCUT2D eigenvalue weighted by Gasteiger charge is 2.26. The van der Waals surface area contributed by atoms with E-state index in [0.29, 0.717) is 24.8 Å². The van der Waals surface area contributed by atoms with Crippen molar-refractivity contribution in [3.05, 3.63) is 18.1 Å². The van der Waals surface area contributed by atoms with Gasteiger partial charge in [0.15, 0.2) is 0 Å². The zero-order valence-electron chi connectivity index (χ0n) is 12.7. The lowest BCUT2D eigenvalue weighted by molar-refractivity contribution is -0.152.